The molecule has 90 valence electrons. The third kappa shape index (κ3) is 1.62. The standard InChI is InChI=1S/C13H11ClN4/c1-8-2-4-9(5-3-8)18-12-10(14)6-16-7-11(12)17-13(18)15/h2-7H,1H3,(H2,15,17). The molecule has 0 unspecified atom stereocenters. The van der Waals surface area contributed by atoms with Crippen LogP contribution in [0.1, 0.15) is 5.56 Å². The van der Waals surface area contributed by atoms with Crippen molar-refractivity contribution in [3.63, 3.8) is 0 Å². The van der Waals surface area contributed by atoms with Gasteiger partial charge in [0.25, 0.3) is 0 Å². The molecule has 0 bridgehead atoms. The van der Waals surface area contributed by atoms with Crippen molar-refractivity contribution in [2.24, 2.45) is 0 Å². The zero-order valence-electron chi connectivity index (χ0n) is 9.76. The molecule has 3 rings (SSSR count). The smallest absolute Gasteiger partial charge is 0.206 e. The van der Waals surface area contributed by atoms with Crippen molar-refractivity contribution in [1.82, 2.24) is 14.5 Å². The lowest BCUT2D eigenvalue weighted by Crippen LogP contribution is -2.00. The molecule has 1 aromatic carbocycles. The van der Waals surface area contributed by atoms with Gasteiger partial charge in [-0.25, -0.2) is 4.98 Å². The Kier molecular flexibility index (Phi) is 2.45. The number of anilines is 1. The van der Waals surface area contributed by atoms with Gasteiger partial charge >= 0.3 is 0 Å². The van der Waals surface area contributed by atoms with E-state index in [-0.39, 0.29) is 0 Å². The van der Waals surface area contributed by atoms with Gasteiger partial charge in [0.2, 0.25) is 5.95 Å². The summed E-state index contributed by atoms with van der Waals surface area (Å²) in [4.78, 5) is 8.28. The molecule has 0 spiro atoms. The first kappa shape index (κ1) is 11.0. The van der Waals surface area contributed by atoms with Crippen molar-refractivity contribution in [3.8, 4) is 5.69 Å². The molecule has 0 radical (unpaired) electrons. The molecule has 0 atom stereocenters. The van der Waals surface area contributed by atoms with Gasteiger partial charge in [-0.15, -0.1) is 0 Å². The molecular weight excluding hydrogens is 248 g/mol. The van der Waals surface area contributed by atoms with E-state index < -0.39 is 0 Å². The number of aryl methyl sites for hydroxylation is 1. The zero-order valence-corrected chi connectivity index (χ0v) is 10.5. The van der Waals surface area contributed by atoms with Crippen molar-refractivity contribution in [2.75, 3.05) is 5.73 Å². The van der Waals surface area contributed by atoms with Crippen molar-refractivity contribution >= 4 is 28.6 Å². The van der Waals surface area contributed by atoms with Crippen LogP contribution in [0.15, 0.2) is 36.7 Å². The molecule has 0 saturated heterocycles. The summed E-state index contributed by atoms with van der Waals surface area (Å²) in [6, 6.07) is 8.03. The van der Waals surface area contributed by atoms with Crippen LogP contribution < -0.4 is 5.73 Å². The number of benzene rings is 1. The summed E-state index contributed by atoms with van der Waals surface area (Å²) < 4.78 is 1.83. The minimum Gasteiger partial charge on any atom is -0.369 e. The second-order valence-corrected chi connectivity index (χ2v) is 4.54. The van der Waals surface area contributed by atoms with Gasteiger partial charge in [0.1, 0.15) is 5.52 Å². The third-order valence-corrected chi connectivity index (χ3v) is 3.11. The Labute approximate surface area is 109 Å². The highest BCUT2D eigenvalue weighted by molar-refractivity contribution is 6.35. The summed E-state index contributed by atoms with van der Waals surface area (Å²) in [5, 5.41) is 0.539. The molecule has 2 N–H and O–H groups in total. The summed E-state index contributed by atoms with van der Waals surface area (Å²) >= 11 is 6.18. The fourth-order valence-corrected chi connectivity index (χ4v) is 2.20. The molecular formula is C13H11ClN4. The van der Waals surface area contributed by atoms with E-state index in [0.717, 1.165) is 11.2 Å². The normalized spacial score (nSPS) is 11.0. The van der Waals surface area contributed by atoms with Crippen LogP contribution >= 0.6 is 11.6 Å². The van der Waals surface area contributed by atoms with E-state index in [1.54, 1.807) is 12.4 Å². The summed E-state index contributed by atoms with van der Waals surface area (Å²) in [5.41, 5.74) is 9.57. The van der Waals surface area contributed by atoms with Crippen LogP contribution in [0.3, 0.4) is 0 Å². The minimum absolute atomic E-state index is 0.406. The van der Waals surface area contributed by atoms with Crippen LogP contribution in [-0.2, 0) is 0 Å². The van der Waals surface area contributed by atoms with Crippen LogP contribution in [-0.4, -0.2) is 14.5 Å². The highest BCUT2D eigenvalue weighted by Gasteiger charge is 2.12. The molecule has 0 aliphatic carbocycles. The van der Waals surface area contributed by atoms with Gasteiger partial charge in [-0.1, -0.05) is 29.3 Å². The summed E-state index contributed by atoms with van der Waals surface area (Å²) in [5.74, 6) is 0.406. The average Bonchev–Trinajstić information content (AvgIpc) is 2.68. The van der Waals surface area contributed by atoms with Crippen LogP contribution in [0.25, 0.3) is 16.7 Å². The van der Waals surface area contributed by atoms with Crippen LogP contribution in [0, 0.1) is 6.92 Å². The lowest BCUT2D eigenvalue weighted by molar-refractivity contribution is 1.11. The van der Waals surface area contributed by atoms with Crippen LogP contribution in [0.2, 0.25) is 5.02 Å². The Morgan fingerprint density at radius 3 is 2.61 bits per heavy atom. The number of imidazole rings is 1. The van der Waals surface area contributed by atoms with E-state index in [1.165, 1.54) is 5.56 Å². The number of nitrogen functional groups attached to an aromatic ring is 1. The SMILES string of the molecule is Cc1ccc(-n2c(N)nc3cncc(Cl)c32)cc1. The number of fused-ring (bicyclic) bond motifs is 1. The Bertz CT molecular complexity index is 716. The number of rotatable bonds is 1. The number of halogens is 1. The first-order chi connectivity index (χ1) is 8.66. The van der Waals surface area contributed by atoms with Crippen molar-refractivity contribution in [3.05, 3.63) is 47.2 Å². The molecule has 2 aromatic heterocycles. The van der Waals surface area contributed by atoms with Crippen molar-refractivity contribution < 1.29 is 0 Å². The van der Waals surface area contributed by atoms with Crippen LogP contribution in [0.4, 0.5) is 5.95 Å². The molecule has 2 heterocycles. The second kappa shape index (κ2) is 3.99. The van der Waals surface area contributed by atoms with E-state index in [9.17, 15) is 0 Å². The number of nitrogens with two attached hydrogens (primary N) is 1. The number of hydrogen-bond donors (Lipinski definition) is 1. The van der Waals surface area contributed by atoms with Gasteiger partial charge in [-0.3, -0.25) is 9.55 Å². The molecule has 0 aliphatic rings. The molecule has 18 heavy (non-hydrogen) atoms. The minimum atomic E-state index is 0.406. The monoisotopic (exact) mass is 258 g/mol. The van der Waals surface area contributed by atoms with E-state index in [1.807, 2.05) is 35.8 Å². The Morgan fingerprint density at radius 1 is 1.17 bits per heavy atom. The lowest BCUT2D eigenvalue weighted by Gasteiger charge is -2.07. The van der Waals surface area contributed by atoms with E-state index >= 15 is 0 Å². The highest BCUT2D eigenvalue weighted by atomic mass is 35.5. The molecule has 3 aromatic rings. The second-order valence-electron chi connectivity index (χ2n) is 4.13. The predicted octanol–water partition coefficient (Wildman–Crippen LogP) is 2.96. The quantitative estimate of drug-likeness (QED) is 0.730. The summed E-state index contributed by atoms with van der Waals surface area (Å²) in [6.07, 6.45) is 3.25. The number of hydrogen-bond acceptors (Lipinski definition) is 3. The number of pyridine rings is 1. The molecule has 0 saturated carbocycles. The van der Waals surface area contributed by atoms with Gasteiger partial charge in [-0.2, -0.15) is 0 Å². The van der Waals surface area contributed by atoms with Gasteiger partial charge < -0.3 is 5.73 Å². The van der Waals surface area contributed by atoms with Gasteiger partial charge in [0, 0.05) is 11.9 Å². The highest BCUT2D eigenvalue weighted by Crippen LogP contribution is 2.27. The van der Waals surface area contributed by atoms with Crippen molar-refractivity contribution in [1.29, 1.82) is 0 Å². The maximum absolute atomic E-state index is 6.18. The first-order valence-electron chi connectivity index (χ1n) is 5.51. The third-order valence-electron chi connectivity index (χ3n) is 2.83. The van der Waals surface area contributed by atoms with Gasteiger partial charge in [-0.05, 0) is 19.1 Å². The molecule has 0 aliphatic heterocycles. The van der Waals surface area contributed by atoms with Gasteiger partial charge in [0.15, 0.2) is 0 Å². The summed E-state index contributed by atoms with van der Waals surface area (Å²) in [7, 11) is 0. The van der Waals surface area contributed by atoms with Crippen LogP contribution in [0.5, 0.6) is 0 Å². The lowest BCUT2D eigenvalue weighted by atomic mass is 10.2. The zero-order chi connectivity index (χ0) is 12.7. The van der Waals surface area contributed by atoms with Crippen molar-refractivity contribution in [2.45, 2.75) is 6.92 Å². The topological polar surface area (TPSA) is 56.7 Å². The van der Waals surface area contributed by atoms with E-state index in [4.69, 9.17) is 17.3 Å². The molecule has 0 amide bonds. The Balaban J connectivity index is 2.34. The number of aromatic nitrogens is 3. The largest absolute Gasteiger partial charge is 0.369 e. The van der Waals surface area contributed by atoms with Gasteiger partial charge in [0.05, 0.1) is 16.7 Å². The number of nitrogens with zero attached hydrogens (tertiary/aromatic N) is 3. The maximum Gasteiger partial charge on any atom is 0.206 e. The Morgan fingerprint density at radius 2 is 1.89 bits per heavy atom. The predicted molar refractivity (Wildman–Crippen MR) is 73.0 cm³/mol. The molecule has 0 fully saturated rings. The maximum atomic E-state index is 6.18. The fraction of sp³-hybridized carbons (Fsp3) is 0.0769. The Hall–Kier alpha value is -2.07. The fourth-order valence-electron chi connectivity index (χ4n) is 1.96. The van der Waals surface area contributed by atoms with E-state index in [0.29, 0.717) is 16.5 Å². The molecule has 5 heteroatoms. The first-order valence-corrected chi connectivity index (χ1v) is 5.89. The summed E-state index contributed by atoms with van der Waals surface area (Å²) in [6.45, 7) is 2.04. The van der Waals surface area contributed by atoms with E-state index in [2.05, 4.69) is 9.97 Å². The average molecular weight is 259 g/mol. The molecule has 4 nitrogen and oxygen atoms in total.